The Hall–Kier alpha value is -3.12. The van der Waals surface area contributed by atoms with Crippen molar-refractivity contribution < 1.29 is 26.0 Å². The fraction of sp³-hybridized carbons (Fsp3) is 0.321. The van der Waals surface area contributed by atoms with Crippen molar-refractivity contribution in [3.63, 3.8) is 0 Å². The van der Waals surface area contributed by atoms with Crippen LogP contribution in [0, 0.1) is 5.82 Å². The summed E-state index contributed by atoms with van der Waals surface area (Å²) in [5.41, 5.74) is 0.999. The molecule has 0 aromatic heterocycles. The van der Waals surface area contributed by atoms with Crippen molar-refractivity contribution in [2.45, 2.75) is 54.5 Å². The lowest BCUT2D eigenvalue weighted by Gasteiger charge is -2.30. The molecule has 1 aliphatic carbocycles. The molecule has 1 amide bonds. The van der Waals surface area contributed by atoms with Gasteiger partial charge in [0.25, 0.3) is 0 Å². The third kappa shape index (κ3) is 7.10. The second-order valence-electron chi connectivity index (χ2n) is 9.60. The lowest BCUT2D eigenvalue weighted by molar-refractivity contribution is -0.116. The Morgan fingerprint density at radius 1 is 0.821 bits per heavy atom. The van der Waals surface area contributed by atoms with E-state index in [0.717, 1.165) is 36.4 Å². The molecule has 11 heteroatoms. The number of anilines is 1. The van der Waals surface area contributed by atoms with E-state index in [1.165, 1.54) is 52.8 Å². The highest BCUT2D eigenvalue weighted by atomic mass is 32.2. The molecule has 0 bridgehead atoms. The van der Waals surface area contributed by atoms with Gasteiger partial charge in [-0.05, 0) is 66.9 Å². The predicted octanol–water partition coefficient (Wildman–Crippen LogP) is 4.61. The Morgan fingerprint density at radius 2 is 1.38 bits per heavy atom. The molecule has 208 valence electrons. The van der Waals surface area contributed by atoms with E-state index in [9.17, 15) is 26.0 Å². The van der Waals surface area contributed by atoms with Gasteiger partial charge in [0, 0.05) is 25.3 Å². The summed E-state index contributed by atoms with van der Waals surface area (Å²) in [6.07, 6.45) is 4.64. The normalized spacial score (nSPS) is 15.0. The van der Waals surface area contributed by atoms with Crippen molar-refractivity contribution >= 4 is 31.6 Å². The van der Waals surface area contributed by atoms with Crippen molar-refractivity contribution in [1.82, 2.24) is 8.61 Å². The molecule has 1 saturated carbocycles. The van der Waals surface area contributed by atoms with Crippen LogP contribution in [0.25, 0.3) is 0 Å². The average molecular weight is 574 g/mol. The molecule has 0 spiro atoms. The number of carbonyl (C=O) groups excluding carboxylic acids is 1. The highest BCUT2D eigenvalue weighted by Crippen LogP contribution is 2.28. The molecule has 0 heterocycles. The predicted molar refractivity (Wildman–Crippen MR) is 147 cm³/mol. The summed E-state index contributed by atoms with van der Waals surface area (Å²) in [7, 11) is -6.47. The van der Waals surface area contributed by atoms with Gasteiger partial charge < -0.3 is 5.32 Å². The minimum atomic E-state index is -4.23. The Balaban J connectivity index is 1.58. The van der Waals surface area contributed by atoms with Crippen LogP contribution in [0.2, 0.25) is 0 Å². The third-order valence-corrected chi connectivity index (χ3v) is 10.6. The van der Waals surface area contributed by atoms with Crippen LogP contribution < -0.4 is 5.32 Å². The van der Waals surface area contributed by atoms with Gasteiger partial charge in [0.2, 0.25) is 26.0 Å². The second-order valence-corrected chi connectivity index (χ2v) is 13.5. The minimum absolute atomic E-state index is 0.00132. The number of nitrogens with zero attached hydrogens (tertiary/aromatic N) is 2. The van der Waals surface area contributed by atoms with E-state index in [1.807, 2.05) is 0 Å². The van der Waals surface area contributed by atoms with Crippen LogP contribution in [0.3, 0.4) is 0 Å². The van der Waals surface area contributed by atoms with Crippen LogP contribution >= 0.6 is 0 Å². The first-order chi connectivity index (χ1) is 18.6. The van der Waals surface area contributed by atoms with E-state index in [-0.39, 0.29) is 22.4 Å². The van der Waals surface area contributed by atoms with Crippen molar-refractivity contribution in [3.05, 3.63) is 90.2 Å². The summed E-state index contributed by atoms with van der Waals surface area (Å²) in [6.45, 7) is -0.686. The van der Waals surface area contributed by atoms with Gasteiger partial charge in [-0.2, -0.15) is 8.61 Å². The van der Waals surface area contributed by atoms with E-state index >= 15 is 0 Å². The maximum absolute atomic E-state index is 13.6. The van der Waals surface area contributed by atoms with Gasteiger partial charge in [-0.3, -0.25) is 4.79 Å². The summed E-state index contributed by atoms with van der Waals surface area (Å²) >= 11 is 0. The highest BCUT2D eigenvalue weighted by molar-refractivity contribution is 7.89. The van der Waals surface area contributed by atoms with E-state index in [4.69, 9.17) is 0 Å². The van der Waals surface area contributed by atoms with Crippen molar-refractivity contribution in [1.29, 1.82) is 0 Å². The molecule has 1 N–H and O–H groups in total. The first kappa shape index (κ1) is 28.9. The number of rotatable bonds is 10. The summed E-state index contributed by atoms with van der Waals surface area (Å²) in [6, 6.07) is 18.9. The van der Waals surface area contributed by atoms with Crippen molar-refractivity contribution in [2.24, 2.45) is 0 Å². The number of carbonyl (C=O) groups is 1. The lowest BCUT2D eigenvalue weighted by Crippen LogP contribution is -2.38. The SMILES string of the molecule is CN(C1CCCCC1)S(=O)(=O)c1ccc(S(=O)(=O)N(CC(=O)Nc2ccccc2)Cc2ccc(F)cc2)cc1. The smallest absolute Gasteiger partial charge is 0.243 e. The largest absolute Gasteiger partial charge is 0.325 e. The maximum Gasteiger partial charge on any atom is 0.243 e. The Morgan fingerprint density at radius 3 is 1.97 bits per heavy atom. The Bertz CT molecular complexity index is 1470. The van der Waals surface area contributed by atoms with Gasteiger partial charge in [-0.15, -0.1) is 0 Å². The first-order valence-corrected chi connectivity index (χ1v) is 15.6. The zero-order valence-electron chi connectivity index (χ0n) is 21.7. The average Bonchev–Trinajstić information content (AvgIpc) is 2.94. The molecule has 39 heavy (non-hydrogen) atoms. The van der Waals surface area contributed by atoms with Gasteiger partial charge in [0.05, 0.1) is 16.3 Å². The minimum Gasteiger partial charge on any atom is -0.325 e. The zero-order valence-corrected chi connectivity index (χ0v) is 23.3. The van der Waals surface area contributed by atoms with Gasteiger partial charge in [-0.1, -0.05) is 49.6 Å². The van der Waals surface area contributed by atoms with Crippen LogP contribution in [0.15, 0.2) is 88.7 Å². The van der Waals surface area contributed by atoms with Gasteiger partial charge in [-0.25, -0.2) is 21.2 Å². The molecule has 1 fully saturated rings. The highest BCUT2D eigenvalue weighted by Gasteiger charge is 2.31. The van der Waals surface area contributed by atoms with Gasteiger partial charge >= 0.3 is 0 Å². The second kappa shape index (κ2) is 12.4. The number of sulfonamides is 2. The fourth-order valence-electron chi connectivity index (χ4n) is 4.64. The monoisotopic (exact) mass is 573 g/mol. The van der Waals surface area contributed by atoms with Gasteiger partial charge in [0.15, 0.2) is 0 Å². The lowest BCUT2D eigenvalue weighted by atomic mass is 9.96. The quantitative estimate of drug-likeness (QED) is 0.382. The van der Waals surface area contributed by atoms with Crippen LogP contribution in [-0.2, 0) is 31.4 Å². The molecule has 0 saturated heterocycles. The molecule has 3 aromatic rings. The molecule has 0 atom stereocenters. The summed E-state index contributed by atoms with van der Waals surface area (Å²) in [4.78, 5) is 12.6. The van der Waals surface area contributed by atoms with E-state index < -0.39 is 38.3 Å². The fourth-order valence-corrected chi connectivity index (χ4v) is 7.44. The number of nitrogens with one attached hydrogen (secondary N) is 1. The topological polar surface area (TPSA) is 104 Å². The Kier molecular flexibility index (Phi) is 9.16. The molecule has 1 aliphatic rings. The number of halogens is 1. The van der Waals surface area contributed by atoms with E-state index in [1.54, 1.807) is 37.4 Å². The van der Waals surface area contributed by atoms with Crippen molar-refractivity contribution in [3.8, 4) is 0 Å². The molecular weight excluding hydrogens is 541 g/mol. The maximum atomic E-state index is 13.6. The number of amides is 1. The Labute approximate surface area is 229 Å². The molecular formula is C28H32FN3O5S2. The number of hydrogen-bond donors (Lipinski definition) is 1. The number of para-hydroxylation sites is 1. The standard InChI is InChI=1S/C28H32FN3O5S2/c1-31(25-10-6-3-7-11-25)38(34,35)26-16-18-27(19-17-26)39(36,37)32(20-22-12-14-23(29)15-13-22)21-28(33)30-24-8-4-2-5-9-24/h2,4-5,8-9,12-19,25H,3,6-7,10-11,20-21H2,1H3,(H,30,33). The molecule has 0 radical (unpaired) electrons. The molecule has 3 aromatic carbocycles. The molecule has 8 nitrogen and oxygen atoms in total. The summed E-state index contributed by atoms with van der Waals surface area (Å²) in [5, 5.41) is 2.67. The van der Waals surface area contributed by atoms with E-state index in [2.05, 4.69) is 5.32 Å². The van der Waals surface area contributed by atoms with Crippen LogP contribution in [-0.4, -0.2) is 51.0 Å². The number of benzene rings is 3. The molecule has 0 unspecified atom stereocenters. The van der Waals surface area contributed by atoms with Crippen molar-refractivity contribution in [2.75, 3.05) is 18.9 Å². The molecule has 0 aliphatic heterocycles. The first-order valence-electron chi connectivity index (χ1n) is 12.7. The van der Waals surface area contributed by atoms with Crippen LogP contribution in [0.4, 0.5) is 10.1 Å². The third-order valence-electron chi connectivity index (χ3n) is 6.88. The van der Waals surface area contributed by atoms with Crippen LogP contribution in [0.5, 0.6) is 0 Å². The summed E-state index contributed by atoms with van der Waals surface area (Å²) < 4.78 is 69.5. The van der Waals surface area contributed by atoms with Crippen LogP contribution in [0.1, 0.15) is 37.7 Å². The van der Waals surface area contributed by atoms with Gasteiger partial charge in [0.1, 0.15) is 5.82 Å². The number of hydrogen-bond acceptors (Lipinski definition) is 5. The van der Waals surface area contributed by atoms with E-state index in [0.29, 0.717) is 11.3 Å². The molecule has 4 rings (SSSR count). The summed E-state index contributed by atoms with van der Waals surface area (Å²) in [5.74, 6) is -1.02. The zero-order chi connectivity index (χ0) is 28.0.